The Bertz CT molecular complexity index is 334. The van der Waals surface area contributed by atoms with E-state index in [0.29, 0.717) is 18.5 Å². The lowest BCUT2D eigenvalue weighted by Crippen LogP contribution is -2.22. The van der Waals surface area contributed by atoms with E-state index in [1.54, 1.807) is 13.0 Å². The minimum absolute atomic E-state index is 0.0649. The van der Waals surface area contributed by atoms with Gasteiger partial charge in [0.05, 0.1) is 6.10 Å². The largest absolute Gasteiger partial charge is 0.393 e. The Hall–Kier alpha value is -1.35. The molecule has 0 aromatic heterocycles. The van der Waals surface area contributed by atoms with Gasteiger partial charge in [-0.1, -0.05) is 12.1 Å². The summed E-state index contributed by atoms with van der Waals surface area (Å²) in [5.74, 6) is -0.0649. The summed E-state index contributed by atoms with van der Waals surface area (Å²) >= 11 is 0. The lowest BCUT2D eigenvalue weighted by Gasteiger charge is -2.06. The van der Waals surface area contributed by atoms with Gasteiger partial charge in [-0.25, -0.2) is 0 Å². The second-order valence-corrected chi connectivity index (χ2v) is 3.61. The van der Waals surface area contributed by atoms with Crippen molar-refractivity contribution in [3.63, 3.8) is 0 Å². The van der Waals surface area contributed by atoms with Crippen molar-refractivity contribution in [3.05, 3.63) is 35.4 Å². The predicted octanol–water partition coefficient (Wildman–Crippen LogP) is 1.36. The molecule has 1 rings (SSSR count). The zero-order valence-electron chi connectivity index (χ0n) is 9.16. The van der Waals surface area contributed by atoms with Crippen molar-refractivity contribution in [2.24, 2.45) is 0 Å². The van der Waals surface area contributed by atoms with Crippen molar-refractivity contribution in [2.45, 2.75) is 26.4 Å². The molecule has 0 unspecified atom stereocenters. The molecule has 0 spiro atoms. The van der Waals surface area contributed by atoms with E-state index >= 15 is 0 Å². The van der Waals surface area contributed by atoms with Crippen LogP contribution in [0.25, 0.3) is 0 Å². The van der Waals surface area contributed by atoms with Gasteiger partial charge in [-0.2, -0.15) is 0 Å². The molecular weight excluding hydrogens is 190 g/mol. The van der Waals surface area contributed by atoms with Crippen molar-refractivity contribution in [2.75, 3.05) is 6.54 Å². The van der Waals surface area contributed by atoms with E-state index in [-0.39, 0.29) is 12.0 Å². The average molecular weight is 207 g/mol. The molecule has 0 aliphatic carbocycles. The molecular formula is C12H17NO2. The van der Waals surface area contributed by atoms with Crippen LogP contribution in [0, 0.1) is 0 Å². The molecule has 1 aromatic carbocycles. The smallest absolute Gasteiger partial charge is 0.251 e. The maximum atomic E-state index is 11.5. The van der Waals surface area contributed by atoms with Crippen molar-refractivity contribution in [3.8, 4) is 0 Å². The van der Waals surface area contributed by atoms with Gasteiger partial charge < -0.3 is 10.4 Å². The second-order valence-electron chi connectivity index (χ2n) is 3.61. The number of hydrogen-bond donors (Lipinski definition) is 2. The maximum absolute atomic E-state index is 11.5. The first kappa shape index (κ1) is 11.7. The quantitative estimate of drug-likeness (QED) is 0.783. The second kappa shape index (κ2) is 5.51. The molecule has 1 amide bonds. The van der Waals surface area contributed by atoms with Crippen molar-refractivity contribution in [1.82, 2.24) is 5.32 Å². The first-order valence-corrected chi connectivity index (χ1v) is 5.18. The highest BCUT2D eigenvalue weighted by Crippen LogP contribution is 2.07. The molecule has 82 valence electrons. The Morgan fingerprint density at radius 2 is 2.27 bits per heavy atom. The molecule has 3 nitrogen and oxygen atoms in total. The summed E-state index contributed by atoms with van der Waals surface area (Å²) in [4.78, 5) is 11.5. The topological polar surface area (TPSA) is 49.3 Å². The monoisotopic (exact) mass is 207 g/mol. The van der Waals surface area contributed by atoms with Gasteiger partial charge in [0.25, 0.3) is 5.91 Å². The van der Waals surface area contributed by atoms with Crippen LogP contribution in [0.15, 0.2) is 24.3 Å². The molecule has 1 aromatic rings. The van der Waals surface area contributed by atoms with E-state index in [1.807, 2.05) is 25.1 Å². The normalized spacial score (nSPS) is 12.2. The SMILES string of the molecule is CCNC(=O)c1cccc(C[C@@H](C)O)c1. The molecule has 15 heavy (non-hydrogen) atoms. The molecule has 0 heterocycles. The summed E-state index contributed by atoms with van der Waals surface area (Å²) < 4.78 is 0. The number of hydrogen-bond acceptors (Lipinski definition) is 2. The lowest BCUT2D eigenvalue weighted by molar-refractivity contribution is 0.0955. The summed E-state index contributed by atoms with van der Waals surface area (Å²) in [7, 11) is 0. The Labute approximate surface area is 90.1 Å². The Morgan fingerprint density at radius 3 is 2.87 bits per heavy atom. The highest BCUT2D eigenvalue weighted by molar-refractivity contribution is 5.94. The summed E-state index contributed by atoms with van der Waals surface area (Å²) in [5, 5.41) is 12.0. The van der Waals surface area contributed by atoms with E-state index in [1.165, 1.54) is 0 Å². The Morgan fingerprint density at radius 1 is 1.53 bits per heavy atom. The lowest BCUT2D eigenvalue weighted by atomic mass is 10.1. The number of carbonyl (C=O) groups excluding carboxylic acids is 1. The third-order valence-corrected chi connectivity index (χ3v) is 2.06. The summed E-state index contributed by atoms with van der Waals surface area (Å²) in [5.41, 5.74) is 1.63. The third-order valence-electron chi connectivity index (χ3n) is 2.06. The molecule has 2 N–H and O–H groups in total. The number of amides is 1. The van der Waals surface area contributed by atoms with E-state index in [0.717, 1.165) is 5.56 Å². The van der Waals surface area contributed by atoms with Crippen molar-refractivity contribution in [1.29, 1.82) is 0 Å². The molecule has 0 saturated carbocycles. The van der Waals surface area contributed by atoms with Crippen LogP contribution < -0.4 is 5.32 Å². The third kappa shape index (κ3) is 3.72. The molecule has 0 aliphatic heterocycles. The van der Waals surface area contributed by atoms with Gasteiger partial charge in [0.2, 0.25) is 0 Å². The Kier molecular flexibility index (Phi) is 4.31. The minimum Gasteiger partial charge on any atom is -0.393 e. The number of carbonyl (C=O) groups is 1. The van der Waals surface area contributed by atoms with Gasteiger partial charge in [0.15, 0.2) is 0 Å². The van der Waals surface area contributed by atoms with Crippen LogP contribution in [-0.2, 0) is 6.42 Å². The Balaban J connectivity index is 2.78. The predicted molar refractivity (Wildman–Crippen MR) is 59.8 cm³/mol. The summed E-state index contributed by atoms with van der Waals surface area (Å²) in [6.07, 6.45) is 0.197. The maximum Gasteiger partial charge on any atom is 0.251 e. The number of rotatable bonds is 4. The van der Waals surface area contributed by atoms with Crippen molar-refractivity contribution >= 4 is 5.91 Å². The molecule has 0 saturated heterocycles. The van der Waals surface area contributed by atoms with Gasteiger partial charge in [-0.15, -0.1) is 0 Å². The van der Waals surface area contributed by atoms with Crippen LogP contribution >= 0.6 is 0 Å². The van der Waals surface area contributed by atoms with Crippen molar-refractivity contribution < 1.29 is 9.90 Å². The van der Waals surface area contributed by atoms with Gasteiger partial charge in [0.1, 0.15) is 0 Å². The zero-order chi connectivity index (χ0) is 11.3. The van der Waals surface area contributed by atoms with Gasteiger partial charge in [0, 0.05) is 12.1 Å². The molecule has 3 heteroatoms. The first-order valence-electron chi connectivity index (χ1n) is 5.18. The van der Waals surface area contributed by atoms with E-state index in [2.05, 4.69) is 5.32 Å². The average Bonchev–Trinajstić information content (AvgIpc) is 2.17. The molecule has 1 atom stereocenters. The van der Waals surface area contributed by atoms with Gasteiger partial charge in [-0.05, 0) is 38.0 Å². The van der Waals surface area contributed by atoms with Gasteiger partial charge in [-0.3, -0.25) is 4.79 Å². The highest BCUT2D eigenvalue weighted by Gasteiger charge is 2.05. The van der Waals surface area contributed by atoms with E-state index in [4.69, 9.17) is 0 Å². The first-order chi connectivity index (χ1) is 7.13. The van der Waals surface area contributed by atoms with Crippen LogP contribution in [0.3, 0.4) is 0 Å². The zero-order valence-corrected chi connectivity index (χ0v) is 9.16. The number of nitrogens with one attached hydrogen (secondary N) is 1. The summed E-state index contributed by atoms with van der Waals surface area (Å²) in [6.45, 7) is 4.25. The highest BCUT2D eigenvalue weighted by atomic mass is 16.3. The summed E-state index contributed by atoms with van der Waals surface area (Å²) in [6, 6.07) is 7.34. The fourth-order valence-corrected chi connectivity index (χ4v) is 1.44. The van der Waals surface area contributed by atoms with E-state index < -0.39 is 0 Å². The molecule has 0 fully saturated rings. The van der Waals surface area contributed by atoms with Crippen LogP contribution in [0.5, 0.6) is 0 Å². The van der Waals surface area contributed by atoms with Gasteiger partial charge >= 0.3 is 0 Å². The molecule has 0 radical (unpaired) electrons. The van der Waals surface area contributed by atoms with Crippen LogP contribution in [0.2, 0.25) is 0 Å². The molecule has 0 aliphatic rings. The van der Waals surface area contributed by atoms with Crippen LogP contribution in [-0.4, -0.2) is 23.7 Å². The minimum atomic E-state index is -0.380. The number of benzene rings is 1. The van der Waals surface area contributed by atoms with Crippen LogP contribution in [0.4, 0.5) is 0 Å². The fourth-order valence-electron chi connectivity index (χ4n) is 1.44. The fraction of sp³-hybridized carbons (Fsp3) is 0.417. The molecule has 0 bridgehead atoms. The number of aliphatic hydroxyl groups excluding tert-OH is 1. The standard InChI is InChI=1S/C12H17NO2/c1-3-13-12(15)11-6-4-5-10(8-11)7-9(2)14/h4-6,8-9,14H,3,7H2,1-2H3,(H,13,15)/t9-/m1/s1. The van der Waals surface area contributed by atoms with E-state index in [9.17, 15) is 9.90 Å². The number of aliphatic hydroxyl groups is 1. The van der Waals surface area contributed by atoms with Crippen LogP contribution in [0.1, 0.15) is 29.8 Å².